The Hall–Kier alpha value is -1.23. The van der Waals surface area contributed by atoms with Crippen molar-refractivity contribution in [3.05, 3.63) is 12.2 Å². The lowest BCUT2D eigenvalue weighted by atomic mass is 9.41. The SMILES string of the molecule is C=C1C[C@@]23CCC4[C@@](C)(CCC[C@@]4(C)C(=O)O)C2CC[C@]1(OC1OC(CO)C(O)C(O)C1OC1OC(CO)C(O)C(O)C1O)C3. The molecule has 2 aliphatic heterocycles. The molecule has 8 N–H and O–H groups in total. The maximum atomic E-state index is 12.5. The van der Waals surface area contributed by atoms with Crippen LogP contribution in [-0.2, 0) is 23.7 Å². The smallest absolute Gasteiger partial charge is 0.309 e. The molecule has 0 amide bonds. The van der Waals surface area contributed by atoms with Gasteiger partial charge in [0.15, 0.2) is 12.6 Å². The van der Waals surface area contributed by atoms with E-state index in [9.17, 15) is 45.6 Å². The lowest BCUT2D eigenvalue weighted by molar-refractivity contribution is -0.378. The Kier molecular flexibility index (Phi) is 8.77. The Morgan fingerprint density at radius 2 is 1.47 bits per heavy atom. The van der Waals surface area contributed by atoms with Crippen molar-refractivity contribution >= 4 is 5.97 Å². The van der Waals surface area contributed by atoms with Gasteiger partial charge >= 0.3 is 5.97 Å². The van der Waals surface area contributed by atoms with Crippen LogP contribution in [0.4, 0.5) is 0 Å². The topological polar surface area (TPSA) is 216 Å². The van der Waals surface area contributed by atoms with Gasteiger partial charge in [-0.25, -0.2) is 0 Å². The van der Waals surface area contributed by atoms with E-state index in [0.717, 1.165) is 37.7 Å². The van der Waals surface area contributed by atoms with Crippen LogP contribution in [0, 0.1) is 28.1 Å². The number of carboxylic acids is 1. The summed E-state index contributed by atoms with van der Waals surface area (Å²) in [4.78, 5) is 12.5. The number of carbonyl (C=O) groups is 1. The Balaban J connectivity index is 1.26. The van der Waals surface area contributed by atoms with Gasteiger partial charge in [0.05, 0.1) is 24.2 Å². The molecule has 0 aromatic rings. The Morgan fingerprint density at radius 1 is 0.844 bits per heavy atom. The van der Waals surface area contributed by atoms with Gasteiger partial charge in [0, 0.05) is 0 Å². The molecule has 1 spiro atoms. The minimum absolute atomic E-state index is 0.0640. The summed E-state index contributed by atoms with van der Waals surface area (Å²) in [6.07, 6.45) is -8.44. The molecular formula is C32H50O13. The number of hydrogen-bond acceptors (Lipinski definition) is 12. The summed E-state index contributed by atoms with van der Waals surface area (Å²) in [5.74, 6) is -0.392. The second kappa shape index (κ2) is 11.7. The van der Waals surface area contributed by atoms with Crippen LogP contribution in [-0.4, -0.2) is 127 Å². The molecular weight excluding hydrogens is 592 g/mol. The summed E-state index contributed by atoms with van der Waals surface area (Å²) in [6, 6.07) is 0. The van der Waals surface area contributed by atoms with E-state index in [0.29, 0.717) is 25.7 Å². The summed E-state index contributed by atoms with van der Waals surface area (Å²) in [5.41, 5.74) is -1.10. The number of aliphatic hydroxyl groups excluding tert-OH is 7. The van der Waals surface area contributed by atoms with Gasteiger partial charge in [0.1, 0.15) is 48.8 Å². The fourth-order valence-electron chi connectivity index (χ4n) is 10.6. The highest BCUT2D eigenvalue weighted by Crippen LogP contribution is 2.73. The zero-order chi connectivity index (χ0) is 32.7. The van der Waals surface area contributed by atoms with Gasteiger partial charge in [0.25, 0.3) is 0 Å². The van der Waals surface area contributed by atoms with Crippen molar-refractivity contribution in [3.8, 4) is 0 Å². The van der Waals surface area contributed by atoms with E-state index in [-0.39, 0.29) is 22.7 Å². The first-order chi connectivity index (χ1) is 21.2. The van der Waals surface area contributed by atoms with Gasteiger partial charge in [-0.05, 0) is 86.5 Å². The normalized spacial score (nSPS) is 54.7. The number of aliphatic hydroxyl groups is 7. The van der Waals surface area contributed by atoms with Crippen molar-refractivity contribution in [2.45, 2.75) is 139 Å². The van der Waals surface area contributed by atoms with Gasteiger partial charge in [-0.1, -0.05) is 19.9 Å². The molecule has 0 aromatic carbocycles. The Labute approximate surface area is 262 Å². The van der Waals surface area contributed by atoms with E-state index >= 15 is 0 Å². The summed E-state index contributed by atoms with van der Waals surface area (Å²) >= 11 is 0. The van der Waals surface area contributed by atoms with Crippen molar-refractivity contribution in [3.63, 3.8) is 0 Å². The lowest BCUT2D eigenvalue weighted by Gasteiger charge is -2.64. The van der Waals surface area contributed by atoms with Gasteiger partial charge < -0.3 is 59.8 Å². The van der Waals surface area contributed by atoms with Gasteiger partial charge in [-0.2, -0.15) is 0 Å². The zero-order valence-electron chi connectivity index (χ0n) is 26.0. The van der Waals surface area contributed by atoms with Gasteiger partial charge in [-0.3, -0.25) is 4.79 Å². The van der Waals surface area contributed by atoms with E-state index in [1.54, 1.807) is 0 Å². The third-order valence-electron chi connectivity index (χ3n) is 12.9. The monoisotopic (exact) mass is 642 g/mol. The predicted octanol–water partition coefficient (Wildman–Crippen LogP) is -0.197. The maximum Gasteiger partial charge on any atom is 0.309 e. The largest absolute Gasteiger partial charge is 0.481 e. The third kappa shape index (κ3) is 5.04. The molecule has 6 fully saturated rings. The number of ether oxygens (including phenoxy) is 4. The lowest BCUT2D eigenvalue weighted by Crippen LogP contribution is -2.65. The highest BCUT2D eigenvalue weighted by atomic mass is 16.8. The summed E-state index contributed by atoms with van der Waals surface area (Å²) in [6.45, 7) is 7.33. The van der Waals surface area contributed by atoms with Crippen LogP contribution in [0.15, 0.2) is 12.2 Å². The summed E-state index contributed by atoms with van der Waals surface area (Å²) < 4.78 is 24.1. The second-order valence-corrected chi connectivity index (χ2v) is 15.2. The van der Waals surface area contributed by atoms with Crippen molar-refractivity contribution in [1.82, 2.24) is 0 Å². The molecule has 2 saturated heterocycles. The molecule has 13 heteroatoms. The van der Waals surface area contributed by atoms with Crippen molar-refractivity contribution in [2.75, 3.05) is 13.2 Å². The Bertz CT molecular complexity index is 1150. The van der Waals surface area contributed by atoms with E-state index in [1.165, 1.54) is 0 Å². The molecule has 12 unspecified atom stereocenters. The minimum atomic E-state index is -1.76. The number of carboxylic acid groups (broad SMARTS) is 1. The molecule has 2 heterocycles. The molecule has 4 saturated carbocycles. The molecule has 13 nitrogen and oxygen atoms in total. The maximum absolute atomic E-state index is 12.5. The molecule has 6 rings (SSSR count). The fourth-order valence-corrected chi connectivity index (χ4v) is 10.6. The average Bonchev–Trinajstić information content (AvgIpc) is 3.19. The summed E-state index contributed by atoms with van der Waals surface area (Å²) in [7, 11) is 0. The molecule has 2 bridgehead atoms. The van der Waals surface area contributed by atoms with E-state index < -0.39 is 91.6 Å². The van der Waals surface area contributed by atoms with Crippen LogP contribution in [0.2, 0.25) is 0 Å². The Morgan fingerprint density at radius 3 is 2.11 bits per heavy atom. The first-order valence-corrected chi connectivity index (χ1v) is 16.3. The number of fused-ring (bicyclic) bond motifs is 3. The standard InChI is InChI=1S/C32H50O13/c1-15-11-31-9-5-18-29(2,7-4-8-30(18,3)28(40)41)19(31)6-10-32(15,14-31)45-27-25(23(38)21(36)17(13-34)43-27)44-26-24(39)22(37)20(35)16(12-33)42-26/h16-27,33-39H,1,4-14H2,2-3H3,(H,40,41)/t16?,17?,18?,19?,20?,21?,22?,23?,24?,25?,26?,27?,29-,30-,31-,32+/m1/s1. The van der Waals surface area contributed by atoms with Crippen molar-refractivity contribution in [2.24, 2.45) is 28.1 Å². The van der Waals surface area contributed by atoms with Crippen molar-refractivity contribution < 1.29 is 64.6 Å². The van der Waals surface area contributed by atoms with E-state index in [2.05, 4.69) is 13.5 Å². The molecule has 0 aromatic heterocycles. The predicted molar refractivity (Wildman–Crippen MR) is 154 cm³/mol. The molecule has 45 heavy (non-hydrogen) atoms. The molecule has 4 aliphatic carbocycles. The number of hydrogen-bond donors (Lipinski definition) is 8. The molecule has 6 aliphatic rings. The second-order valence-electron chi connectivity index (χ2n) is 15.2. The highest BCUT2D eigenvalue weighted by Gasteiger charge is 2.69. The molecule has 256 valence electrons. The van der Waals surface area contributed by atoms with Crippen LogP contribution in [0.5, 0.6) is 0 Å². The minimum Gasteiger partial charge on any atom is -0.481 e. The van der Waals surface area contributed by atoms with Crippen LogP contribution in [0.25, 0.3) is 0 Å². The average molecular weight is 643 g/mol. The molecule has 16 atom stereocenters. The highest BCUT2D eigenvalue weighted by molar-refractivity contribution is 5.75. The van der Waals surface area contributed by atoms with Crippen LogP contribution >= 0.6 is 0 Å². The van der Waals surface area contributed by atoms with Gasteiger partial charge in [0.2, 0.25) is 0 Å². The van der Waals surface area contributed by atoms with Crippen molar-refractivity contribution in [1.29, 1.82) is 0 Å². The first kappa shape index (κ1) is 33.7. The van der Waals surface area contributed by atoms with Crippen LogP contribution in [0.1, 0.15) is 71.6 Å². The third-order valence-corrected chi connectivity index (χ3v) is 12.9. The van der Waals surface area contributed by atoms with E-state index in [4.69, 9.17) is 18.9 Å². The van der Waals surface area contributed by atoms with Gasteiger partial charge in [-0.15, -0.1) is 0 Å². The molecule has 0 radical (unpaired) electrons. The first-order valence-electron chi connectivity index (χ1n) is 16.3. The van der Waals surface area contributed by atoms with Crippen LogP contribution in [0.3, 0.4) is 0 Å². The summed E-state index contributed by atoms with van der Waals surface area (Å²) in [5, 5.41) is 82.8. The fraction of sp³-hybridized carbons (Fsp3) is 0.906. The van der Waals surface area contributed by atoms with Crippen LogP contribution < -0.4 is 0 Å². The quantitative estimate of drug-likeness (QED) is 0.134. The van der Waals surface area contributed by atoms with E-state index in [1.807, 2.05) is 6.92 Å². The zero-order valence-corrected chi connectivity index (χ0v) is 26.0. The number of rotatable bonds is 7. The number of aliphatic carboxylic acids is 1.